The summed E-state index contributed by atoms with van der Waals surface area (Å²) in [6.45, 7) is 0. The van der Waals surface area contributed by atoms with E-state index in [0.29, 0.717) is 0 Å². The van der Waals surface area contributed by atoms with Gasteiger partial charge < -0.3 is 4.90 Å². The van der Waals surface area contributed by atoms with E-state index in [-0.39, 0.29) is 0 Å². The number of thiophene rings is 1. The highest BCUT2D eigenvalue weighted by Crippen LogP contribution is 2.44. The van der Waals surface area contributed by atoms with Crippen LogP contribution in [0.4, 0.5) is 17.1 Å². The molecule has 8 aromatic rings. The molecule has 0 saturated heterocycles. The largest absolute Gasteiger partial charge is 0.310 e. The van der Waals surface area contributed by atoms with Gasteiger partial charge in [-0.05, 0) is 87.6 Å². The quantitative estimate of drug-likeness (QED) is 0.210. The highest BCUT2D eigenvalue weighted by atomic mass is 32.1. The van der Waals surface area contributed by atoms with Crippen LogP contribution in [0, 0.1) is 0 Å². The van der Waals surface area contributed by atoms with Crippen molar-refractivity contribution in [2.75, 3.05) is 4.90 Å². The third-order valence-corrected chi connectivity index (χ3v) is 9.01. The number of rotatable bonds is 5. The average Bonchev–Trinajstić information content (AvgIpc) is 3.45. The summed E-state index contributed by atoms with van der Waals surface area (Å²) in [7, 11) is 0. The SMILES string of the molecule is c1ccc(-c2ccc(N(c3ccc(-c4ccc5ccccc5c4)cc3)c3cccc4sc5ncccc5c34)cc2)cc1. The Morgan fingerprint density at radius 1 is 0.476 bits per heavy atom. The number of benzene rings is 6. The Morgan fingerprint density at radius 2 is 1.12 bits per heavy atom. The molecule has 3 heteroatoms. The molecule has 0 atom stereocenters. The van der Waals surface area contributed by atoms with Crippen LogP contribution in [0.1, 0.15) is 0 Å². The Morgan fingerprint density at radius 3 is 1.88 bits per heavy atom. The Kier molecular flexibility index (Phi) is 6.02. The number of fused-ring (bicyclic) bond motifs is 4. The number of hydrogen-bond donors (Lipinski definition) is 0. The van der Waals surface area contributed by atoms with E-state index in [1.54, 1.807) is 11.3 Å². The van der Waals surface area contributed by atoms with Crippen molar-refractivity contribution in [2.45, 2.75) is 0 Å². The van der Waals surface area contributed by atoms with Crippen LogP contribution >= 0.6 is 11.3 Å². The summed E-state index contributed by atoms with van der Waals surface area (Å²) in [6.07, 6.45) is 1.88. The molecule has 0 spiro atoms. The zero-order chi connectivity index (χ0) is 27.9. The third kappa shape index (κ3) is 4.32. The molecule has 42 heavy (non-hydrogen) atoms. The first kappa shape index (κ1) is 24.5. The zero-order valence-corrected chi connectivity index (χ0v) is 23.6. The van der Waals surface area contributed by atoms with Crippen molar-refractivity contribution in [1.82, 2.24) is 4.98 Å². The van der Waals surface area contributed by atoms with E-state index in [0.717, 1.165) is 21.9 Å². The van der Waals surface area contributed by atoms with Gasteiger partial charge in [0.15, 0.2) is 0 Å². The second kappa shape index (κ2) is 10.3. The maximum Gasteiger partial charge on any atom is 0.124 e. The molecular weight excluding hydrogens is 529 g/mol. The first-order valence-corrected chi connectivity index (χ1v) is 14.9. The fraction of sp³-hybridized carbons (Fsp3) is 0. The van der Waals surface area contributed by atoms with Crippen LogP contribution in [0.5, 0.6) is 0 Å². The molecule has 0 aliphatic heterocycles. The highest BCUT2D eigenvalue weighted by molar-refractivity contribution is 7.25. The summed E-state index contributed by atoms with van der Waals surface area (Å²) < 4.78 is 1.24. The standard InChI is InChI=1S/C39H26N2S/c1-2-8-27(9-3-1)29-17-21-33(22-18-29)41(36-13-6-14-37-38(36)35-12-7-25-40-39(35)42-37)34-23-19-30(20-24-34)32-16-15-28-10-4-5-11-31(28)26-32/h1-26H. The second-order valence-electron chi connectivity index (χ2n) is 10.5. The van der Waals surface area contributed by atoms with Crippen molar-refractivity contribution in [2.24, 2.45) is 0 Å². The number of aromatic nitrogens is 1. The van der Waals surface area contributed by atoms with Gasteiger partial charge in [-0.2, -0.15) is 0 Å². The number of hydrogen-bond acceptors (Lipinski definition) is 3. The van der Waals surface area contributed by atoms with Crippen molar-refractivity contribution >= 4 is 59.5 Å². The number of nitrogens with zero attached hydrogens (tertiary/aromatic N) is 2. The Labute approximate surface area is 248 Å². The molecule has 2 aromatic heterocycles. The lowest BCUT2D eigenvalue weighted by Crippen LogP contribution is -2.10. The molecule has 0 unspecified atom stereocenters. The third-order valence-electron chi connectivity index (χ3n) is 7.93. The van der Waals surface area contributed by atoms with E-state index >= 15 is 0 Å². The molecule has 8 rings (SSSR count). The van der Waals surface area contributed by atoms with Gasteiger partial charge in [0.1, 0.15) is 4.83 Å². The van der Waals surface area contributed by atoms with Gasteiger partial charge in [0.05, 0.1) is 5.69 Å². The Hall–Kier alpha value is -5.25. The predicted molar refractivity (Wildman–Crippen MR) is 180 cm³/mol. The normalized spacial score (nSPS) is 11.3. The van der Waals surface area contributed by atoms with Crippen LogP contribution in [0.25, 0.3) is 53.3 Å². The average molecular weight is 555 g/mol. The minimum atomic E-state index is 1.06. The fourth-order valence-electron chi connectivity index (χ4n) is 5.86. The van der Waals surface area contributed by atoms with Gasteiger partial charge in [-0.25, -0.2) is 4.98 Å². The van der Waals surface area contributed by atoms with Crippen LogP contribution in [0.15, 0.2) is 158 Å². The van der Waals surface area contributed by atoms with Gasteiger partial charge in [-0.1, -0.05) is 97.1 Å². The first-order chi connectivity index (χ1) is 20.8. The molecule has 198 valence electrons. The summed E-state index contributed by atoms with van der Waals surface area (Å²) in [4.78, 5) is 8.11. The Balaban J connectivity index is 1.27. The minimum Gasteiger partial charge on any atom is -0.310 e. The molecule has 2 nitrogen and oxygen atoms in total. The van der Waals surface area contributed by atoms with E-state index in [1.807, 2.05) is 12.3 Å². The van der Waals surface area contributed by atoms with Crippen LogP contribution in [-0.4, -0.2) is 4.98 Å². The predicted octanol–water partition coefficient (Wildman–Crippen LogP) is 11.4. The van der Waals surface area contributed by atoms with Gasteiger partial charge in [0, 0.05) is 33.0 Å². The molecule has 6 aromatic carbocycles. The molecular formula is C39H26N2S. The van der Waals surface area contributed by atoms with Gasteiger partial charge in [0.25, 0.3) is 0 Å². The van der Waals surface area contributed by atoms with E-state index in [1.165, 1.54) is 48.5 Å². The minimum absolute atomic E-state index is 1.06. The molecule has 0 saturated carbocycles. The topological polar surface area (TPSA) is 16.1 Å². The summed E-state index contributed by atoms with van der Waals surface area (Å²) in [6, 6.07) is 54.4. The maximum atomic E-state index is 4.68. The number of pyridine rings is 1. The van der Waals surface area contributed by atoms with Crippen molar-refractivity contribution < 1.29 is 0 Å². The lowest BCUT2D eigenvalue weighted by Gasteiger charge is -2.27. The lowest BCUT2D eigenvalue weighted by atomic mass is 10.0. The summed E-state index contributed by atoms with van der Waals surface area (Å²) in [5, 5.41) is 4.93. The fourth-order valence-corrected chi connectivity index (χ4v) is 6.93. The summed E-state index contributed by atoms with van der Waals surface area (Å²) in [5.41, 5.74) is 8.22. The molecule has 0 fully saturated rings. The highest BCUT2D eigenvalue weighted by Gasteiger charge is 2.19. The molecule has 0 amide bonds. The monoisotopic (exact) mass is 554 g/mol. The van der Waals surface area contributed by atoms with Gasteiger partial charge in [-0.3, -0.25) is 0 Å². The zero-order valence-electron chi connectivity index (χ0n) is 22.8. The summed E-state index contributed by atoms with van der Waals surface area (Å²) >= 11 is 1.75. The van der Waals surface area contributed by atoms with Gasteiger partial charge in [-0.15, -0.1) is 11.3 Å². The molecule has 0 radical (unpaired) electrons. The smallest absolute Gasteiger partial charge is 0.124 e. The van der Waals surface area contributed by atoms with E-state index in [4.69, 9.17) is 0 Å². The van der Waals surface area contributed by atoms with Crippen LogP contribution in [0.2, 0.25) is 0 Å². The molecule has 0 aliphatic carbocycles. The van der Waals surface area contributed by atoms with E-state index in [9.17, 15) is 0 Å². The van der Waals surface area contributed by atoms with Gasteiger partial charge in [0.2, 0.25) is 0 Å². The first-order valence-electron chi connectivity index (χ1n) is 14.1. The maximum absolute atomic E-state index is 4.68. The summed E-state index contributed by atoms with van der Waals surface area (Å²) in [5.74, 6) is 0. The number of anilines is 3. The van der Waals surface area contributed by atoms with Crippen molar-refractivity contribution in [3.63, 3.8) is 0 Å². The second-order valence-corrected chi connectivity index (χ2v) is 11.5. The molecule has 0 N–H and O–H groups in total. The van der Waals surface area contributed by atoms with Crippen molar-refractivity contribution in [1.29, 1.82) is 0 Å². The molecule has 0 bridgehead atoms. The molecule has 0 aliphatic rings. The molecule has 2 heterocycles. The van der Waals surface area contributed by atoms with Gasteiger partial charge >= 0.3 is 0 Å². The van der Waals surface area contributed by atoms with E-state index in [2.05, 4.69) is 155 Å². The van der Waals surface area contributed by atoms with E-state index < -0.39 is 0 Å². The van der Waals surface area contributed by atoms with Crippen LogP contribution in [0.3, 0.4) is 0 Å². The van der Waals surface area contributed by atoms with Crippen LogP contribution < -0.4 is 4.90 Å². The Bertz CT molecular complexity index is 2180. The van der Waals surface area contributed by atoms with Crippen molar-refractivity contribution in [3.05, 3.63) is 158 Å². The lowest BCUT2D eigenvalue weighted by molar-refractivity contribution is 1.30. The van der Waals surface area contributed by atoms with Crippen molar-refractivity contribution in [3.8, 4) is 22.3 Å². The van der Waals surface area contributed by atoms with Crippen LogP contribution in [-0.2, 0) is 0 Å².